The quantitative estimate of drug-likeness (QED) is 0.160. The van der Waals surface area contributed by atoms with E-state index in [1.807, 2.05) is 0 Å². The molecule has 1 fully saturated rings. The van der Waals surface area contributed by atoms with E-state index in [-0.39, 0.29) is 28.7 Å². The predicted octanol–water partition coefficient (Wildman–Crippen LogP) is 2.21. The van der Waals surface area contributed by atoms with Crippen molar-refractivity contribution in [1.82, 2.24) is 19.5 Å². The zero-order valence-electron chi connectivity index (χ0n) is 19.3. The smallest absolute Gasteiger partial charge is 0.335 e. The number of fused-ring (bicyclic) bond motifs is 1. The minimum Gasteiger partial charge on any atom is -0.388 e. The van der Waals surface area contributed by atoms with Crippen molar-refractivity contribution in [3.05, 3.63) is 47.3 Å². The molecule has 6 atom stereocenters. The normalized spacial score (nSPS) is 24.8. The molecule has 3 aromatic rings. The van der Waals surface area contributed by atoms with Gasteiger partial charge in [-0.25, -0.2) is 9.37 Å². The SMILES string of the molecule is C[C@H](Nc1nc(Cl)nc2c1ncn2C1OC(CCP(=O)(O)CP(=O)(O)O)C(O)C1O)c1ccccc1F. The maximum absolute atomic E-state index is 14.2. The van der Waals surface area contributed by atoms with Gasteiger partial charge >= 0.3 is 7.60 Å². The lowest BCUT2D eigenvalue weighted by molar-refractivity contribution is -0.0354. The Kier molecular flexibility index (Phi) is 8.06. The number of benzene rings is 1. The number of aliphatic hydroxyl groups excluding tert-OH is 2. The first kappa shape index (κ1) is 28.0. The number of ether oxygens (including phenoxy) is 1. The van der Waals surface area contributed by atoms with Crippen LogP contribution in [0.3, 0.4) is 0 Å². The molecule has 0 aliphatic carbocycles. The van der Waals surface area contributed by atoms with Crippen molar-refractivity contribution in [3.63, 3.8) is 0 Å². The third-order valence-electron chi connectivity index (χ3n) is 5.90. The highest BCUT2D eigenvalue weighted by Crippen LogP contribution is 2.55. The maximum atomic E-state index is 14.2. The fraction of sp³-hybridized carbons (Fsp3) is 0.450. The van der Waals surface area contributed by atoms with Crippen LogP contribution in [0.1, 0.15) is 31.2 Å². The number of halogens is 2. The van der Waals surface area contributed by atoms with Crippen LogP contribution in [0.2, 0.25) is 5.28 Å². The molecule has 6 N–H and O–H groups in total. The van der Waals surface area contributed by atoms with E-state index < -0.39 is 63.4 Å². The molecular formula is C20H25ClFN5O8P2. The second-order valence-electron chi connectivity index (χ2n) is 8.76. The monoisotopic (exact) mass is 579 g/mol. The van der Waals surface area contributed by atoms with Crippen LogP contribution in [0.25, 0.3) is 11.2 Å². The second-order valence-corrected chi connectivity index (χ2v) is 13.7. The van der Waals surface area contributed by atoms with Gasteiger partial charge in [-0.05, 0) is 31.0 Å². The Morgan fingerprint density at radius 1 is 1.19 bits per heavy atom. The number of nitrogens with zero attached hydrogens (tertiary/aromatic N) is 4. The topological polar surface area (TPSA) is 200 Å². The molecule has 3 heterocycles. The summed E-state index contributed by atoms with van der Waals surface area (Å²) >= 11 is 6.11. The molecule has 37 heavy (non-hydrogen) atoms. The fourth-order valence-electron chi connectivity index (χ4n) is 4.17. The summed E-state index contributed by atoms with van der Waals surface area (Å²) in [5.74, 6) is -1.43. The summed E-state index contributed by atoms with van der Waals surface area (Å²) in [5, 5.41) is 24.0. The highest BCUT2D eigenvalue weighted by Gasteiger charge is 2.45. The van der Waals surface area contributed by atoms with E-state index in [2.05, 4.69) is 20.3 Å². The first-order chi connectivity index (χ1) is 17.3. The van der Waals surface area contributed by atoms with Gasteiger partial charge < -0.3 is 34.9 Å². The van der Waals surface area contributed by atoms with Crippen molar-refractivity contribution in [2.45, 2.75) is 43.9 Å². The Labute approximate surface area is 214 Å². The summed E-state index contributed by atoms with van der Waals surface area (Å²) in [6, 6.07) is 5.67. The molecule has 13 nitrogen and oxygen atoms in total. The number of nitrogens with one attached hydrogen (secondary N) is 1. The summed E-state index contributed by atoms with van der Waals surface area (Å²) in [6.45, 7) is 1.72. The van der Waals surface area contributed by atoms with Gasteiger partial charge in [0.05, 0.1) is 18.5 Å². The van der Waals surface area contributed by atoms with Gasteiger partial charge in [0.25, 0.3) is 0 Å². The van der Waals surface area contributed by atoms with Crippen LogP contribution in [0.5, 0.6) is 0 Å². The van der Waals surface area contributed by atoms with Crippen molar-refractivity contribution in [1.29, 1.82) is 0 Å². The lowest BCUT2D eigenvalue weighted by Gasteiger charge is -2.18. The van der Waals surface area contributed by atoms with Crippen molar-refractivity contribution < 1.29 is 43.2 Å². The molecular weight excluding hydrogens is 555 g/mol. The predicted molar refractivity (Wildman–Crippen MR) is 131 cm³/mol. The van der Waals surface area contributed by atoms with E-state index in [4.69, 9.17) is 26.1 Å². The summed E-state index contributed by atoms with van der Waals surface area (Å²) in [4.78, 5) is 40.4. The number of imidazole rings is 1. The van der Waals surface area contributed by atoms with E-state index in [1.165, 1.54) is 17.0 Å². The maximum Gasteiger partial charge on any atom is 0.335 e. The number of rotatable bonds is 9. The Hall–Kier alpha value is -1.99. The summed E-state index contributed by atoms with van der Waals surface area (Å²) < 4.78 is 44.5. The van der Waals surface area contributed by atoms with E-state index in [9.17, 15) is 28.6 Å². The van der Waals surface area contributed by atoms with Crippen LogP contribution in [0.4, 0.5) is 10.2 Å². The molecule has 1 aromatic carbocycles. The van der Waals surface area contributed by atoms with Gasteiger partial charge in [-0.2, -0.15) is 9.97 Å². The summed E-state index contributed by atoms with van der Waals surface area (Å²) in [7, 11) is -8.94. The first-order valence-corrected chi connectivity index (χ1v) is 15.2. The molecule has 17 heteroatoms. The van der Waals surface area contributed by atoms with Crippen LogP contribution >= 0.6 is 26.6 Å². The van der Waals surface area contributed by atoms with Gasteiger partial charge in [-0.1, -0.05) is 18.2 Å². The highest BCUT2D eigenvalue weighted by atomic mass is 35.5. The third kappa shape index (κ3) is 6.36. The lowest BCUT2D eigenvalue weighted by Crippen LogP contribution is -2.32. The molecule has 0 saturated carbocycles. The van der Waals surface area contributed by atoms with E-state index in [0.29, 0.717) is 5.56 Å². The molecule has 2 aromatic heterocycles. The number of aliphatic hydroxyl groups is 2. The Morgan fingerprint density at radius 2 is 1.89 bits per heavy atom. The third-order valence-corrected chi connectivity index (χ3v) is 10.3. The van der Waals surface area contributed by atoms with Gasteiger partial charge in [0.15, 0.2) is 23.2 Å². The molecule has 0 spiro atoms. The zero-order valence-corrected chi connectivity index (χ0v) is 21.8. The molecule has 202 valence electrons. The van der Waals surface area contributed by atoms with Crippen molar-refractivity contribution in [2.24, 2.45) is 0 Å². The van der Waals surface area contributed by atoms with Crippen molar-refractivity contribution >= 4 is 43.5 Å². The Bertz CT molecular complexity index is 1390. The standard InChI is InChI=1S/C20H25ClFN5O8P2/c1-10(11-4-2-3-5-12(11)22)24-17-14-18(26-20(21)25-17)27(8-23-14)19-16(29)15(28)13(35-19)6-7-36(30,31)9-37(32,33)34/h2-5,8,10,13,15-16,19,28-29H,6-7,9H2,1H3,(H,30,31)(H,24,25,26)(H2,32,33,34)/t10-,13?,15?,16?,19?/m0/s1. The van der Waals surface area contributed by atoms with Crippen LogP contribution in [-0.2, 0) is 13.9 Å². The van der Waals surface area contributed by atoms with Crippen LogP contribution in [0, 0.1) is 5.82 Å². The minimum atomic E-state index is -4.73. The van der Waals surface area contributed by atoms with E-state index in [0.717, 1.165) is 0 Å². The molecule has 1 saturated heterocycles. The minimum absolute atomic E-state index is 0.134. The summed E-state index contributed by atoms with van der Waals surface area (Å²) in [5.41, 5.74) is 0.738. The van der Waals surface area contributed by atoms with Gasteiger partial charge in [0, 0.05) is 11.7 Å². The fourth-order valence-corrected chi connectivity index (χ4v) is 7.86. The van der Waals surface area contributed by atoms with Gasteiger partial charge in [-0.15, -0.1) is 0 Å². The van der Waals surface area contributed by atoms with Crippen molar-refractivity contribution in [3.8, 4) is 0 Å². The zero-order chi connectivity index (χ0) is 27.1. The highest BCUT2D eigenvalue weighted by molar-refractivity contribution is 7.72. The number of hydrogen-bond acceptors (Lipinski definition) is 9. The molecule has 0 amide bonds. The van der Waals surface area contributed by atoms with Gasteiger partial charge in [0.2, 0.25) is 12.7 Å². The van der Waals surface area contributed by atoms with Crippen LogP contribution < -0.4 is 5.32 Å². The van der Waals surface area contributed by atoms with Crippen LogP contribution in [-0.4, -0.2) is 74.8 Å². The van der Waals surface area contributed by atoms with Crippen molar-refractivity contribution in [2.75, 3.05) is 17.4 Å². The van der Waals surface area contributed by atoms with E-state index >= 15 is 0 Å². The largest absolute Gasteiger partial charge is 0.388 e. The average molecular weight is 580 g/mol. The average Bonchev–Trinajstić information content (AvgIpc) is 3.32. The molecule has 4 rings (SSSR count). The number of hydrogen-bond donors (Lipinski definition) is 6. The number of aromatic nitrogens is 4. The molecule has 5 unspecified atom stereocenters. The first-order valence-electron chi connectivity index (χ1n) is 11.0. The number of anilines is 1. The molecule has 0 radical (unpaired) electrons. The molecule has 1 aliphatic heterocycles. The molecule has 1 aliphatic rings. The second kappa shape index (κ2) is 10.6. The van der Waals surface area contributed by atoms with Gasteiger partial charge in [-0.3, -0.25) is 13.7 Å². The van der Waals surface area contributed by atoms with Crippen LogP contribution in [0.15, 0.2) is 30.6 Å². The molecule has 0 bridgehead atoms. The lowest BCUT2D eigenvalue weighted by atomic mass is 10.1. The van der Waals surface area contributed by atoms with Gasteiger partial charge in [0.1, 0.15) is 23.9 Å². The summed E-state index contributed by atoms with van der Waals surface area (Å²) in [6.07, 6.45) is -4.82. The Morgan fingerprint density at radius 3 is 2.57 bits per heavy atom. The Balaban J connectivity index is 1.56. The van der Waals surface area contributed by atoms with E-state index in [1.54, 1.807) is 25.1 Å².